The Morgan fingerprint density at radius 1 is 1.56 bits per heavy atom. The van der Waals surface area contributed by atoms with Gasteiger partial charge in [-0.1, -0.05) is 0 Å². The lowest BCUT2D eigenvalue weighted by Gasteiger charge is -2.10. The van der Waals surface area contributed by atoms with Gasteiger partial charge in [0.05, 0.1) is 12.3 Å². The van der Waals surface area contributed by atoms with Crippen LogP contribution < -0.4 is 5.56 Å². The molecule has 88 valence electrons. The zero-order chi connectivity index (χ0) is 12.5. The van der Waals surface area contributed by atoms with Gasteiger partial charge in [0.1, 0.15) is 0 Å². The fourth-order valence-electron chi connectivity index (χ4n) is 1.24. The van der Waals surface area contributed by atoms with Crippen LogP contribution in [0.5, 0.6) is 5.75 Å². The molecule has 5 nitrogen and oxygen atoms in total. The highest BCUT2D eigenvalue weighted by molar-refractivity contribution is 5.92. The summed E-state index contributed by atoms with van der Waals surface area (Å²) in [5.74, 6) is -2.98. The molecule has 0 unspecified atom stereocenters. The van der Waals surface area contributed by atoms with Crippen LogP contribution in [0.25, 0.3) is 0 Å². The summed E-state index contributed by atoms with van der Waals surface area (Å²) in [6, 6.07) is 0. The highest BCUT2D eigenvalue weighted by Crippen LogP contribution is 2.21. The van der Waals surface area contributed by atoms with Crippen LogP contribution >= 0.6 is 0 Å². The molecule has 0 atom stereocenters. The average Bonchev–Trinajstić information content (AvgIpc) is 2.24. The van der Waals surface area contributed by atoms with E-state index < -0.39 is 28.7 Å². The Morgan fingerprint density at radius 2 is 2.12 bits per heavy atom. The Labute approximate surface area is 91.1 Å². The third-order valence-corrected chi connectivity index (χ3v) is 2.26. The molecule has 0 saturated carbocycles. The quantitative estimate of drug-likeness (QED) is 0.758. The summed E-state index contributed by atoms with van der Waals surface area (Å²) >= 11 is 0. The molecule has 1 N–H and O–H groups in total. The van der Waals surface area contributed by atoms with Gasteiger partial charge in [-0.2, -0.15) is 0 Å². The van der Waals surface area contributed by atoms with Crippen LogP contribution in [0.1, 0.15) is 23.0 Å². The topological polar surface area (TPSA) is 68.5 Å². The maximum absolute atomic E-state index is 13.4. The second kappa shape index (κ2) is 4.34. The molecule has 0 aliphatic heterocycles. The SMILES string of the molecule is CCOC(=O)c1c(O)c(F)c(C)n(C)c1=O. The van der Waals surface area contributed by atoms with Gasteiger partial charge in [-0.3, -0.25) is 4.79 Å². The summed E-state index contributed by atoms with van der Waals surface area (Å²) in [6.45, 7) is 2.91. The van der Waals surface area contributed by atoms with E-state index in [1.807, 2.05) is 0 Å². The van der Waals surface area contributed by atoms with Crippen LogP contribution in [0, 0.1) is 12.7 Å². The van der Waals surface area contributed by atoms with Crippen molar-refractivity contribution in [2.75, 3.05) is 6.61 Å². The molecule has 0 aliphatic rings. The molecule has 1 rings (SSSR count). The van der Waals surface area contributed by atoms with Crippen molar-refractivity contribution in [2.45, 2.75) is 13.8 Å². The van der Waals surface area contributed by atoms with Crippen molar-refractivity contribution in [1.82, 2.24) is 4.57 Å². The first-order valence-corrected chi connectivity index (χ1v) is 4.67. The molecule has 1 aromatic rings. The predicted octanol–water partition coefficient (Wildman–Crippen LogP) is 0.715. The lowest BCUT2D eigenvalue weighted by Crippen LogP contribution is -2.28. The fourth-order valence-corrected chi connectivity index (χ4v) is 1.24. The Bertz CT molecular complexity index is 493. The number of pyridine rings is 1. The second-order valence-corrected chi connectivity index (χ2v) is 3.21. The summed E-state index contributed by atoms with van der Waals surface area (Å²) in [5, 5.41) is 9.39. The zero-order valence-corrected chi connectivity index (χ0v) is 9.20. The van der Waals surface area contributed by atoms with Crippen molar-refractivity contribution in [1.29, 1.82) is 0 Å². The molecule has 0 aliphatic carbocycles. The molecule has 0 bridgehead atoms. The third kappa shape index (κ3) is 1.78. The molecule has 0 radical (unpaired) electrons. The van der Waals surface area contributed by atoms with Crippen molar-refractivity contribution in [3.63, 3.8) is 0 Å². The predicted molar refractivity (Wildman–Crippen MR) is 54.0 cm³/mol. The number of carbonyl (C=O) groups is 1. The first-order valence-electron chi connectivity index (χ1n) is 4.67. The van der Waals surface area contributed by atoms with Gasteiger partial charge in [0.2, 0.25) is 0 Å². The van der Waals surface area contributed by atoms with Gasteiger partial charge in [0.25, 0.3) is 5.56 Å². The van der Waals surface area contributed by atoms with Crippen molar-refractivity contribution < 1.29 is 19.0 Å². The van der Waals surface area contributed by atoms with Gasteiger partial charge in [-0.25, -0.2) is 9.18 Å². The maximum atomic E-state index is 13.4. The normalized spacial score (nSPS) is 10.2. The van der Waals surface area contributed by atoms with Crippen molar-refractivity contribution in [2.24, 2.45) is 7.05 Å². The molecule has 0 aromatic carbocycles. The van der Waals surface area contributed by atoms with Gasteiger partial charge in [0, 0.05) is 7.05 Å². The molecular weight excluding hydrogens is 217 g/mol. The van der Waals surface area contributed by atoms with E-state index in [-0.39, 0.29) is 12.3 Å². The number of nitrogens with zero attached hydrogens (tertiary/aromatic N) is 1. The third-order valence-electron chi connectivity index (χ3n) is 2.26. The minimum absolute atomic E-state index is 0.0386. The van der Waals surface area contributed by atoms with Crippen LogP contribution in [0.15, 0.2) is 4.79 Å². The zero-order valence-electron chi connectivity index (χ0n) is 9.20. The van der Waals surface area contributed by atoms with Gasteiger partial charge in [0.15, 0.2) is 17.1 Å². The Hall–Kier alpha value is -1.85. The van der Waals surface area contributed by atoms with Crippen LogP contribution in [-0.4, -0.2) is 22.2 Å². The van der Waals surface area contributed by atoms with Crippen LogP contribution in [0.4, 0.5) is 4.39 Å². The summed E-state index contributed by atoms with van der Waals surface area (Å²) in [7, 11) is 1.31. The Balaban J connectivity index is 3.52. The van der Waals surface area contributed by atoms with Gasteiger partial charge in [-0.15, -0.1) is 0 Å². The van der Waals surface area contributed by atoms with Crippen LogP contribution in [0.3, 0.4) is 0 Å². The van der Waals surface area contributed by atoms with Crippen LogP contribution in [-0.2, 0) is 11.8 Å². The molecule has 0 amide bonds. The second-order valence-electron chi connectivity index (χ2n) is 3.21. The minimum Gasteiger partial charge on any atom is -0.504 e. The summed E-state index contributed by atoms with van der Waals surface area (Å²) < 4.78 is 18.9. The highest BCUT2D eigenvalue weighted by Gasteiger charge is 2.24. The summed E-state index contributed by atoms with van der Waals surface area (Å²) in [5.41, 5.74) is -1.50. The molecule has 6 heteroatoms. The van der Waals surface area contributed by atoms with E-state index in [9.17, 15) is 19.1 Å². The Kier molecular flexibility index (Phi) is 3.31. The molecule has 16 heavy (non-hydrogen) atoms. The van der Waals surface area contributed by atoms with E-state index in [2.05, 4.69) is 4.74 Å². The molecule has 1 heterocycles. The maximum Gasteiger partial charge on any atom is 0.347 e. The molecule has 1 aromatic heterocycles. The first kappa shape index (κ1) is 12.2. The van der Waals surface area contributed by atoms with E-state index in [1.165, 1.54) is 14.0 Å². The number of rotatable bonds is 2. The van der Waals surface area contributed by atoms with Crippen LogP contribution in [0.2, 0.25) is 0 Å². The van der Waals surface area contributed by atoms with Crippen molar-refractivity contribution in [3.05, 3.63) is 27.4 Å². The Morgan fingerprint density at radius 3 is 2.62 bits per heavy atom. The number of hydrogen-bond donors (Lipinski definition) is 1. The number of esters is 1. The van der Waals surface area contributed by atoms with E-state index in [4.69, 9.17) is 0 Å². The van der Waals surface area contributed by atoms with E-state index >= 15 is 0 Å². The summed E-state index contributed by atoms with van der Waals surface area (Å²) in [6.07, 6.45) is 0. The first-order chi connectivity index (χ1) is 7.41. The average molecular weight is 229 g/mol. The van der Waals surface area contributed by atoms with Crippen molar-refractivity contribution in [3.8, 4) is 5.75 Å². The number of aromatic nitrogens is 1. The lowest BCUT2D eigenvalue weighted by atomic mass is 10.2. The number of halogens is 1. The molecular formula is C10H12FNO4. The minimum atomic E-state index is -1.03. The summed E-state index contributed by atoms with van der Waals surface area (Å²) in [4.78, 5) is 23.0. The number of carbonyl (C=O) groups excluding carboxylic acids is 1. The fraction of sp³-hybridized carbons (Fsp3) is 0.400. The van der Waals surface area contributed by atoms with Gasteiger partial charge in [-0.05, 0) is 13.8 Å². The van der Waals surface area contributed by atoms with E-state index in [0.717, 1.165) is 4.57 Å². The lowest BCUT2D eigenvalue weighted by molar-refractivity contribution is 0.0519. The molecule has 0 fully saturated rings. The van der Waals surface area contributed by atoms with Gasteiger partial charge >= 0.3 is 5.97 Å². The number of ether oxygens (including phenoxy) is 1. The highest BCUT2D eigenvalue weighted by atomic mass is 19.1. The van der Waals surface area contributed by atoms with E-state index in [0.29, 0.717) is 0 Å². The molecule has 0 spiro atoms. The molecule has 0 saturated heterocycles. The number of aromatic hydroxyl groups is 1. The van der Waals surface area contributed by atoms with E-state index in [1.54, 1.807) is 6.92 Å². The largest absolute Gasteiger partial charge is 0.504 e. The number of hydrogen-bond acceptors (Lipinski definition) is 4. The van der Waals surface area contributed by atoms with Crippen molar-refractivity contribution >= 4 is 5.97 Å². The monoisotopic (exact) mass is 229 g/mol. The smallest absolute Gasteiger partial charge is 0.347 e. The van der Waals surface area contributed by atoms with Gasteiger partial charge < -0.3 is 14.4 Å². The standard InChI is InChI=1S/C10H12FNO4/c1-4-16-10(15)6-8(13)7(11)5(2)12(3)9(6)14/h13H,4H2,1-3H3.